The van der Waals surface area contributed by atoms with Crippen LogP contribution in [0, 0.1) is 0 Å². The zero-order valence-corrected chi connectivity index (χ0v) is 12.6. The maximum absolute atomic E-state index is 9.20. The second kappa shape index (κ2) is 6.22. The Labute approximate surface area is 127 Å². The zero-order valence-electron chi connectivity index (χ0n) is 11.0. The Bertz CT molecular complexity index is 572. The van der Waals surface area contributed by atoms with Crippen molar-refractivity contribution in [1.82, 2.24) is 0 Å². The first-order valence-electron chi connectivity index (χ1n) is 6.64. The van der Waals surface area contributed by atoms with Gasteiger partial charge in [-0.25, -0.2) is 0 Å². The molecule has 0 bridgehead atoms. The highest BCUT2D eigenvalue weighted by Gasteiger charge is 2.18. The van der Waals surface area contributed by atoms with Gasteiger partial charge >= 0.3 is 0 Å². The topological polar surface area (TPSA) is 40.5 Å². The van der Waals surface area contributed by atoms with Gasteiger partial charge in [0, 0.05) is 32.8 Å². The fourth-order valence-electron chi connectivity index (χ4n) is 2.37. The molecule has 0 saturated heterocycles. The minimum absolute atomic E-state index is 0.144. The molecule has 2 nitrogen and oxygen atoms in total. The Hall–Kier alpha value is -0.940. The van der Waals surface area contributed by atoms with Gasteiger partial charge in [-0.05, 0) is 48.2 Å². The number of aliphatic hydroxyl groups excluding tert-OH is 2. The average molecular weight is 304 g/mol. The minimum atomic E-state index is 0.144. The molecule has 0 saturated carbocycles. The normalized spacial score (nSPS) is 12.9. The summed E-state index contributed by atoms with van der Waals surface area (Å²) in [5.74, 6) is 0. The summed E-state index contributed by atoms with van der Waals surface area (Å²) in [5, 5.41) is 18.4. The molecule has 1 aliphatic rings. The molecule has 0 unspecified atom stereocenters. The highest BCUT2D eigenvalue weighted by Crippen LogP contribution is 2.49. The minimum Gasteiger partial charge on any atom is -0.396 e. The number of hydrogen-bond acceptors (Lipinski definition) is 4. The van der Waals surface area contributed by atoms with Gasteiger partial charge in [-0.3, -0.25) is 0 Å². The number of rotatable bonds is 4. The lowest BCUT2D eigenvalue weighted by atomic mass is 10.0. The molecule has 0 aromatic heterocycles. The third-order valence-electron chi connectivity index (χ3n) is 3.32. The van der Waals surface area contributed by atoms with Crippen molar-refractivity contribution < 1.29 is 10.2 Å². The second-order valence-corrected chi connectivity index (χ2v) is 6.83. The first-order chi connectivity index (χ1) is 9.81. The van der Waals surface area contributed by atoms with Gasteiger partial charge in [-0.15, -0.1) is 0 Å². The summed E-state index contributed by atoms with van der Waals surface area (Å²) in [5.41, 5.74) is 2.29. The molecular weight excluding hydrogens is 288 g/mol. The zero-order chi connectivity index (χ0) is 13.9. The van der Waals surface area contributed by atoms with Gasteiger partial charge in [-0.2, -0.15) is 0 Å². The van der Waals surface area contributed by atoms with E-state index in [4.69, 9.17) is 0 Å². The average Bonchev–Trinajstić information content (AvgIpc) is 2.46. The van der Waals surface area contributed by atoms with Gasteiger partial charge in [0.25, 0.3) is 0 Å². The largest absolute Gasteiger partial charge is 0.396 e. The van der Waals surface area contributed by atoms with E-state index in [9.17, 15) is 10.2 Å². The molecule has 3 rings (SSSR count). The van der Waals surface area contributed by atoms with Crippen molar-refractivity contribution in [2.45, 2.75) is 32.4 Å². The third-order valence-corrected chi connectivity index (χ3v) is 5.84. The maximum Gasteiger partial charge on any atom is 0.0471 e. The molecule has 1 aliphatic heterocycles. The molecular formula is C16H16O2S2. The lowest BCUT2D eigenvalue weighted by Crippen LogP contribution is -2.02. The van der Waals surface area contributed by atoms with Gasteiger partial charge in [0.2, 0.25) is 0 Å². The van der Waals surface area contributed by atoms with E-state index in [-0.39, 0.29) is 13.2 Å². The van der Waals surface area contributed by atoms with Crippen molar-refractivity contribution >= 4 is 23.5 Å². The summed E-state index contributed by atoms with van der Waals surface area (Å²) < 4.78 is 0. The van der Waals surface area contributed by atoms with Crippen molar-refractivity contribution in [3.8, 4) is 0 Å². The first-order valence-corrected chi connectivity index (χ1v) is 8.27. The van der Waals surface area contributed by atoms with Crippen LogP contribution in [-0.4, -0.2) is 23.4 Å². The molecule has 0 fully saturated rings. The third kappa shape index (κ3) is 2.74. The number of hydrogen-bond donors (Lipinski definition) is 2. The molecule has 2 aromatic carbocycles. The van der Waals surface area contributed by atoms with Crippen molar-refractivity contribution in [3.63, 3.8) is 0 Å². The maximum atomic E-state index is 9.20. The Kier molecular flexibility index (Phi) is 4.36. The highest BCUT2D eigenvalue weighted by molar-refractivity contribution is 8.05. The lowest BCUT2D eigenvalue weighted by molar-refractivity contribution is 0.293. The molecule has 2 aromatic rings. The van der Waals surface area contributed by atoms with E-state index >= 15 is 0 Å². The van der Waals surface area contributed by atoms with E-state index in [2.05, 4.69) is 36.4 Å². The van der Waals surface area contributed by atoms with Crippen LogP contribution in [0.2, 0.25) is 0 Å². The van der Waals surface area contributed by atoms with Crippen molar-refractivity contribution in [2.24, 2.45) is 0 Å². The second-order valence-electron chi connectivity index (χ2n) is 4.67. The van der Waals surface area contributed by atoms with E-state index in [0.717, 1.165) is 11.1 Å². The monoisotopic (exact) mass is 304 g/mol. The van der Waals surface area contributed by atoms with E-state index in [1.165, 1.54) is 19.6 Å². The Balaban J connectivity index is 2.00. The van der Waals surface area contributed by atoms with Crippen LogP contribution in [0.1, 0.15) is 11.1 Å². The summed E-state index contributed by atoms with van der Waals surface area (Å²) in [7, 11) is 0. The fourth-order valence-corrected chi connectivity index (χ4v) is 4.69. The summed E-state index contributed by atoms with van der Waals surface area (Å²) in [6, 6.07) is 12.7. The van der Waals surface area contributed by atoms with Crippen LogP contribution in [0.3, 0.4) is 0 Å². The molecule has 0 atom stereocenters. The standard InChI is InChI=1S/C16H16O2S2/c17-7-5-11-9-15-16(10-12(11)6-8-18)20-14-4-2-1-3-13(14)19-15/h1-4,9-10,17-18H,5-8H2. The van der Waals surface area contributed by atoms with Gasteiger partial charge in [0.15, 0.2) is 0 Å². The molecule has 20 heavy (non-hydrogen) atoms. The number of benzene rings is 2. The van der Waals surface area contributed by atoms with E-state index in [1.54, 1.807) is 23.5 Å². The van der Waals surface area contributed by atoms with Crippen LogP contribution in [0.15, 0.2) is 56.0 Å². The van der Waals surface area contributed by atoms with Gasteiger partial charge in [-0.1, -0.05) is 35.7 Å². The van der Waals surface area contributed by atoms with Crippen LogP contribution < -0.4 is 0 Å². The predicted molar refractivity (Wildman–Crippen MR) is 82.7 cm³/mol. The molecule has 0 radical (unpaired) electrons. The fraction of sp³-hybridized carbons (Fsp3) is 0.250. The molecule has 2 N–H and O–H groups in total. The summed E-state index contributed by atoms with van der Waals surface area (Å²) in [4.78, 5) is 5.07. The van der Waals surface area contributed by atoms with Crippen molar-refractivity contribution in [3.05, 3.63) is 47.5 Å². The van der Waals surface area contributed by atoms with Crippen LogP contribution in [0.5, 0.6) is 0 Å². The van der Waals surface area contributed by atoms with Crippen LogP contribution in [0.4, 0.5) is 0 Å². The van der Waals surface area contributed by atoms with Crippen molar-refractivity contribution in [2.75, 3.05) is 13.2 Å². The molecule has 0 spiro atoms. The molecule has 104 valence electrons. The predicted octanol–water partition coefficient (Wildman–Crippen LogP) is 3.37. The molecule has 1 heterocycles. The van der Waals surface area contributed by atoms with E-state index in [1.807, 2.05) is 0 Å². The summed E-state index contributed by atoms with van der Waals surface area (Å²) >= 11 is 3.57. The Morgan fingerprint density at radius 2 is 1.15 bits per heavy atom. The van der Waals surface area contributed by atoms with E-state index < -0.39 is 0 Å². The van der Waals surface area contributed by atoms with Crippen LogP contribution in [0.25, 0.3) is 0 Å². The van der Waals surface area contributed by atoms with Gasteiger partial charge in [0.1, 0.15) is 0 Å². The van der Waals surface area contributed by atoms with Crippen LogP contribution >= 0.6 is 23.5 Å². The summed E-state index contributed by atoms with van der Waals surface area (Å²) in [6.45, 7) is 0.289. The van der Waals surface area contributed by atoms with E-state index in [0.29, 0.717) is 12.8 Å². The molecule has 0 amide bonds. The van der Waals surface area contributed by atoms with Crippen LogP contribution in [-0.2, 0) is 12.8 Å². The number of fused-ring (bicyclic) bond motifs is 2. The molecule has 4 heteroatoms. The quantitative estimate of drug-likeness (QED) is 0.775. The van der Waals surface area contributed by atoms with Gasteiger partial charge in [0.05, 0.1) is 0 Å². The Morgan fingerprint density at radius 1 is 0.700 bits per heavy atom. The molecule has 0 aliphatic carbocycles. The lowest BCUT2D eigenvalue weighted by Gasteiger charge is -2.21. The SMILES string of the molecule is OCCc1cc2c(cc1CCO)Sc1ccccc1S2. The van der Waals surface area contributed by atoms with Crippen molar-refractivity contribution in [1.29, 1.82) is 0 Å². The summed E-state index contributed by atoms with van der Waals surface area (Å²) in [6.07, 6.45) is 1.30. The highest BCUT2D eigenvalue weighted by atomic mass is 32.2. The van der Waals surface area contributed by atoms with Gasteiger partial charge < -0.3 is 10.2 Å². The smallest absolute Gasteiger partial charge is 0.0471 e. The number of aliphatic hydroxyl groups is 2. The first kappa shape index (κ1) is 14.0. The Morgan fingerprint density at radius 3 is 1.55 bits per heavy atom.